The van der Waals surface area contributed by atoms with Crippen LogP contribution in [0.3, 0.4) is 0 Å². The molecule has 0 saturated heterocycles. The van der Waals surface area contributed by atoms with Gasteiger partial charge in [-0.2, -0.15) is 5.26 Å². The van der Waals surface area contributed by atoms with Crippen LogP contribution in [0.15, 0.2) is 18.2 Å². The van der Waals surface area contributed by atoms with Crippen molar-refractivity contribution in [1.82, 2.24) is 0 Å². The standard InChI is InChI=1S/C17H25FN2/c1-3-5-6-8-14(4-2)11-12-20-16-10-7-9-15(13-19)17(16)18/h7,9-10,14,20H,3-6,8,11-12H2,1-2H3. The van der Waals surface area contributed by atoms with Crippen LogP contribution < -0.4 is 5.32 Å². The van der Waals surface area contributed by atoms with Crippen LogP contribution in [0.1, 0.15) is 57.9 Å². The first kappa shape index (κ1) is 16.5. The molecular formula is C17H25FN2. The van der Waals surface area contributed by atoms with Crippen LogP contribution in [0.5, 0.6) is 0 Å². The number of hydrogen-bond acceptors (Lipinski definition) is 2. The summed E-state index contributed by atoms with van der Waals surface area (Å²) >= 11 is 0. The Hall–Kier alpha value is -1.56. The first-order valence-electron chi connectivity index (χ1n) is 7.65. The molecule has 1 aromatic rings. The van der Waals surface area contributed by atoms with Crippen LogP contribution >= 0.6 is 0 Å². The molecule has 3 heteroatoms. The summed E-state index contributed by atoms with van der Waals surface area (Å²) in [7, 11) is 0. The highest BCUT2D eigenvalue weighted by molar-refractivity contribution is 5.50. The molecule has 0 aliphatic carbocycles. The summed E-state index contributed by atoms with van der Waals surface area (Å²) in [6.07, 6.45) is 7.31. The zero-order valence-electron chi connectivity index (χ0n) is 12.6. The lowest BCUT2D eigenvalue weighted by Crippen LogP contribution is -2.10. The van der Waals surface area contributed by atoms with E-state index in [9.17, 15) is 4.39 Å². The molecule has 0 aliphatic heterocycles. The zero-order valence-corrected chi connectivity index (χ0v) is 12.6. The molecule has 1 atom stereocenters. The Bertz CT molecular complexity index is 437. The minimum atomic E-state index is -0.436. The molecule has 1 rings (SSSR count). The van der Waals surface area contributed by atoms with Crippen LogP contribution in [0.4, 0.5) is 10.1 Å². The minimum absolute atomic E-state index is 0.102. The van der Waals surface area contributed by atoms with Crippen molar-refractivity contribution < 1.29 is 4.39 Å². The molecule has 0 fully saturated rings. The molecule has 0 saturated carbocycles. The van der Waals surface area contributed by atoms with Crippen molar-refractivity contribution in [1.29, 1.82) is 5.26 Å². The summed E-state index contributed by atoms with van der Waals surface area (Å²) in [4.78, 5) is 0. The van der Waals surface area contributed by atoms with E-state index < -0.39 is 5.82 Å². The average Bonchev–Trinajstić information content (AvgIpc) is 2.47. The summed E-state index contributed by atoms with van der Waals surface area (Å²) in [6.45, 7) is 5.19. The van der Waals surface area contributed by atoms with Gasteiger partial charge in [0.1, 0.15) is 6.07 Å². The molecular weight excluding hydrogens is 251 g/mol. The second-order valence-electron chi connectivity index (χ2n) is 5.26. The Labute approximate surface area is 122 Å². The molecule has 110 valence electrons. The third-order valence-corrected chi connectivity index (χ3v) is 3.78. The second kappa shape index (κ2) is 9.36. The molecule has 0 bridgehead atoms. The van der Waals surface area contributed by atoms with E-state index in [0.29, 0.717) is 11.6 Å². The SMILES string of the molecule is CCCCCC(CC)CCNc1cccc(C#N)c1F. The lowest BCUT2D eigenvalue weighted by Gasteiger charge is -2.15. The molecule has 1 N–H and O–H groups in total. The fraction of sp³-hybridized carbons (Fsp3) is 0.588. The van der Waals surface area contributed by atoms with E-state index in [-0.39, 0.29) is 5.56 Å². The highest BCUT2D eigenvalue weighted by atomic mass is 19.1. The number of anilines is 1. The predicted octanol–water partition coefficient (Wildman–Crippen LogP) is 5.11. The Kier molecular flexibility index (Phi) is 7.72. The van der Waals surface area contributed by atoms with Gasteiger partial charge in [0, 0.05) is 6.54 Å². The van der Waals surface area contributed by atoms with Gasteiger partial charge >= 0.3 is 0 Å². The van der Waals surface area contributed by atoms with Crippen LogP contribution in [-0.4, -0.2) is 6.54 Å². The van der Waals surface area contributed by atoms with E-state index in [1.165, 1.54) is 38.2 Å². The normalized spacial score (nSPS) is 11.9. The molecule has 0 aliphatic rings. The van der Waals surface area contributed by atoms with Gasteiger partial charge in [-0.1, -0.05) is 52.0 Å². The smallest absolute Gasteiger partial charge is 0.164 e. The Balaban J connectivity index is 2.41. The Morgan fingerprint density at radius 1 is 1.25 bits per heavy atom. The summed E-state index contributed by atoms with van der Waals surface area (Å²) < 4.78 is 13.8. The van der Waals surface area contributed by atoms with Crippen molar-refractivity contribution in [2.45, 2.75) is 52.4 Å². The van der Waals surface area contributed by atoms with Gasteiger partial charge in [0.2, 0.25) is 0 Å². The average molecular weight is 276 g/mol. The second-order valence-corrected chi connectivity index (χ2v) is 5.26. The highest BCUT2D eigenvalue weighted by Gasteiger charge is 2.09. The zero-order chi connectivity index (χ0) is 14.8. The van der Waals surface area contributed by atoms with Crippen LogP contribution in [0.25, 0.3) is 0 Å². The van der Waals surface area contributed by atoms with Gasteiger partial charge in [0.25, 0.3) is 0 Å². The number of unbranched alkanes of at least 4 members (excludes halogenated alkanes) is 2. The van der Waals surface area contributed by atoms with Gasteiger partial charge in [-0.3, -0.25) is 0 Å². The molecule has 1 aromatic carbocycles. The maximum Gasteiger partial charge on any atom is 0.164 e. The maximum absolute atomic E-state index is 13.8. The summed E-state index contributed by atoms with van der Waals surface area (Å²) in [5.41, 5.74) is 0.539. The van der Waals surface area contributed by atoms with Crippen molar-refractivity contribution in [2.75, 3.05) is 11.9 Å². The molecule has 20 heavy (non-hydrogen) atoms. The van der Waals surface area contributed by atoms with E-state index in [1.54, 1.807) is 12.1 Å². The third-order valence-electron chi connectivity index (χ3n) is 3.78. The van der Waals surface area contributed by atoms with Crippen molar-refractivity contribution in [3.63, 3.8) is 0 Å². The van der Waals surface area contributed by atoms with Gasteiger partial charge in [0.15, 0.2) is 5.82 Å². The van der Waals surface area contributed by atoms with Crippen molar-refractivity contribution in [3.05, 3.63) is 29.6 Å². The number of nitrogens with zero attached hydrogens (tertiary/aromatic N) is 1. The lowest BCUT2D eigenvalue weighted by atomic mass is 9.95. The van der Waals surface area contributed by atoms with Gasteiger partial charge in [0.05, 0.1) is 11.3 Å². The monoisotopic (exact) mass is 276 g/mol. The Morgan fingerprint density at radius 2 is 2.05 bits per heavy atom. The van der Waals surface area contributed by atoms with Crippen LogP contribution in [0, 0.1) is 23.1 Å². The maximum atomic E-state index is 13.8. The quantitative estimate of drug-likeness (QED) is 0.636. The molecule has 1 unspecified atom stereocenters. The molecule has 0 heterocycles. The topological polar surface area (TPSA) is 35.8 Å². The van der Waals surface area contributed by atoms with Crippen molar-refractivity contribution in [3.8, 4) is 6.07 Å². The van der Waals surface area contributed by atoms with Gasteiger partial charge < -0.3 is 5.32 Å². The van der Waals surface area contributed by atoms with Crippen molar-refractivity contribution >= 4 is 5.69 Å². The number of benzene rings is 1. The molecule has 0 spiro atoms. The largest absolute Gasteiger partial charge is 0.383 e. The van der Waals surface area contributed by atoms with Crippen molar-refractivity contribution in [2.24, 2.45) is 5.92 Å². The van der Waals surface area contributed by atoms with Gasteiger partial charge in [-0.05, 0) is 24.5 Å². The van der Waals surface area contributed by atoms with E-state index in [2.05, 4.69) is 19.2 Å². The lowest BCUT2D eigenvalue weighted by molar-refractivity contribution is 0.426. The molecule has 0 radical (unpaired) electrons. The molecule has 0 amide bonds. The highest BCUT2D eigenvalue weighted by Crippen LogP contribution is 2.20. The third kappa shape index (κ3) is 5.21. The Morgan fingerprint density at radius 3 is 2.70 bits per heavy atom. The van der Waals surface area contributed by atoms with E-state index in [0.717, 1.165) is 13.0 Å². The van der Waals surface area contributed by atoms with Crippen LogP contribution in [-0.2, 0) is 0 Å². The summed E-state index contributed by atoms with van der Waals surface area (Å²) in [5, 5.41) is 11.9. The van der Waals surface area contributed by atoms with E-state index in [1.807, 2.05) is 6.07 Å². The van der Waals surface area contributed by atoms with Gasteiger partial charge in [-0.25, -0.2) is 4.39 Å². The molecule has 0 aromatic heterocycles. The number of rotatable bonds is 9. The number of halogens is 1. The number of nitriles is 1. The predicted molar refractivity (Wildman–Crippen MR) is 82.1 cm³/mol. The van der Waals surface area contributed by atoms with E-state index >= 15 is 0 Å². The summed E-state index contributed by atoms with van der Waals surface area (Å²) in [5.74, 6) is 0.269. The van der Waals surface area contributed by atoms with Gasteiger partial charge in [-0.15, -0.1) is 0 Å². The fourth-order valence-electron chi connectivity index (χ4n) is 2.40. The first-order chi connectivity index (χ1) is 9.72. The minimum Gasteiger partial charge on any atom is -0.383 e. The summed E-state index contributed by atoms with van der Waals surface area (Å²) in [6, 6.07) is 6.76. The van der Waals surface area contributed by atoms with E-state index in [4.69, 9.17) is 5.26 Å². The number of nitrogens with one attached hydrogen (secondary N) is 1. The molecule has 2 nitrogen and oxygen atoms in total. The first-order valence-corrected chi connectivity index (χ1v) is 7.65. The van der Waals surface area contributed by atoms with Crippen LogP contribution in [0.2, 0.25) is 0 Å². The fourth-order valence-corrected chi connectivity index (χ4v) is 2.40. The number of hydrogen-bond donors (Lipinski definition) is 1.